The number of para-hydroxylation sites is 1. The van der Waals surface area contributed by atoms with Crippen molar-refractivity contribution in [1.82, 2.24) is 9.88 Å². The summed E-state index contributed by atoms with van der Waals surface area (Å²) in [6.07, 6.45) is 6.70. The highest BCUT2D eigenvalue weighted by Gasteiger charge is 2.27. The molecule has 1 aromatic carbocycles. The average molecular weight is 345 g/mol. The van der Waals surface area contributed by atoms with Crippen LogP contribution in [0.4, 0.5) is 0 Å². The number of hydrogen-bond acceptors (Lipinski definition) is 2. The number of hydrogen-bond donors (Lipinski definition) is 1. The van der Waals surface area contributed by atoms with E-state index in [1.54, 1.807) is 11.8 Å². The van der Waals surface area contributed by atoms with Crippen molar-refractivity contribution in [1.29, 1.82) is 0 Å². The minimum atomic E-state index is 0.0983. The number of nitrogens with one attached hydrogen (secondary N) is 1. The van der Waals surface area contributed by atoms with Crippen molar-refractivity contribution in [2.75, 3.05) is 18.8 Å². The van der Waals surface area contributed by atoms with Gasteiger partial charge in [0, 0.05) is 30.2 Å². The molecule has 1 aliphatic heterocycles. The number of unbranched alkanes of at least 4 members (excludes halogenated alkanes) is 1. The fraction of sp³-hybridized carbons (Fsp3) is 0.550. The first-order valence-electron chi connectivity index (χ1n) is 9.17. The van der Waals surface area contributed by atoms with Crippen LogP contribution >= 0.6 is 11.8 Å². The first-order chi connectivity index (χ1) is 11.7. The Morgan fingerprint density at radius 2 is 2.08 bits per heavy atom. The molecule has 3 rings (SSSR count). The van der Waals surface area contributed by atoms with E-state index in [-0.39, 0.29) is 5.25 Å². The predicted octanol–water partition coefficient (Wildman–Crippen LogP) is 4.80. The van der Waals surface area contributed by atoms with Crippen molar-refractivity contribution in [2.24, 2.45) is 0 Å². The fourth-order valence-corrected chi connectivity index (χ4v) is 4.68. The SMILES string of the molecule is CCCCSC(C)C(=O)N1CCC(c2c[nH]c3ccccc23)CC1. The largest absolute Gasteiger partial charge is 0.361 e. The maximum Gasteiger partial charge on any atom is 0.235 e. The monoisotopic (exact) mass is 344 g/mol. The molecule has 0 spiro atoms. The molecule has 1 fully saturated rings. The van der Waals surface area contributed by atoms with Crippen molar-refractivity contribution >= 4 is 28.6 Å². The minimum absolute atomic E-state index is 0.0983. The molecule has 1 amide bonds. The summed E-state index contributed by atoms with van der Waals surface area (Å²) in [4.78, 5) is 18.1. The molecular formula is C20H28N2OS. The Bertz CT molecular complexity index is 673. The van der Waals surface area contributed by atoms with Crippen LogP contribution in [0.15, 0.2) is 30.5 Å². The van der Waals surface area contributed by atoms with Gasteiger partial charge in [0.2, 0.25) is 5.91 Å². The van der Waals surface area contributed by atoms with Crippen LogP contribution in [-0.4, -0.2) is 39.9 Å². The molecule has 24 heavy (non-hydrogen) atoms. The molecule has 130 valence electrons. The van der Waals surface area contributed by atoms with Gasteiger partial charge in [0.1, 0.15) is 0 Å². The molecule has 0 radical (unpaired) electrons. The first-order valence-corrected chi connectivity index (χ1v) is 10.2. The molecule has 0 saturated carbocycles. The maximum absolute atomic E-state index is 12.6. The highest BCUT2D eigenvalue weighted by Crippen LogP contribution is 2.33. The van der Waals surface area contributed by atoms with E-state index in [2.05, 4.69) is 54.2 Å². The third-order valence-corrected chi connectivity index (χ3v) is 6.31. The third-order valence-electron chi connectivity index (χ3n) is 5.08. The lowest BCUT2D eigenvalue weighted by molar-refractivity contribution is -0.131. The Kier molecular flexibility index (Phi) is 5.88. The van der Waals surface area contributed by atoms with E-state index in [0.29, 0.717) is 11.8 Å². The second-order valence-corrected chi connectivity index (χ2v) is 8.20. The highest BCUT2D eigenvalue weighted by atomic mass is 32.2. The number of amides is 1. The number of piperidine rings is 1. The van der Waals surface area contributed by atoms with E-state index in [0.717, 1.165) is 31.7 Å². The van der Waals surface area contributed by atoms with Crippen molar-refractivity contribution < 1.29 is 4.79 Å². The van der Waals surface area contributed by atoms with Gasteiger partial charge in [-0.25, -0.2) is 0 Å². The number of nitrogens with zero attached hydrogens (tertiary/aromatic N) is 1. The van der Waals surface area contributed by atoms with Gasteiger partial charge in [-0.3, -0.25) is 4.79 Å². The zero-order valence-corrected chi connectivity index (χ0v) is 15.6. The van der Waals surface area contributed by atoms with Gasteiger partial charge in [0.05, 0.1) is 5.25 Å². The van der Waals surface area contributed by atoms with Crippen molar-refractivity contribution in [2.45, 2.75) is 50.7 Å². The molecule has 1 saturated heterocycles. The van der Waals surface area contributed by atoms with Gasteiger partial charge in [-0.15, -0.1) is 11.8 Å². The quantitative estimate of drug-likeness (QED) is 0.764. The summed E-state index contributed by atoms with van der Waals surface area (Å²) in [5, 5.41) is 1.44. The van der Waals surface area contributed by atoms with Crippen LogP contribution in [0, 0.1) is 0 Å². The number of carbonyl (C=O) groups excluding carboxylic acids is 1. The lowest BCUT2D eigenvalue weighted by atomic mass is 9.89. The Labute approximate surface area is 149 Å². The molecule has 4 heteroatoms. The Hall–Kier alpha value is -1.42. The number of likely N-dealkylation sites (tertiary alicyclic amines) is 1. The average Bonchev–Trinajstić information content (AvgIpc) is 3.05. The maximum atomic E-state index is 12.6. The summed E-state index contributed by atoms with van der Waals surface area (Å²) in [7, 11) is 0. The van der Waals surface area contributed by atoms with Crippen molar-refractivity contribution in [3.05, 3.63) is 36.0 Å². The molecule has 2 aromatic rings. The second-order valence-electron chi connectivity index (χ2n) is 6.76. The standard InChI is InChI=1S/C20H28N2OS/c1-3-4-13-24-15(2)20(23)22-11-9-16(10-12-22)18-14-21-19-8-6-5-7-17(18)19/h5-8,14-16,21H,3-4,9-13H2,1-2H3. The molecule has 3 nitrogen and oxygen atoms in total. The van der Waals surface area contributed by atoms with Crippen LogP contribution in [0.2, 0.25) is 0 Å². The zero-order chi connectivity index (χ0) is 16.9. The van der Waals surface area contributed by atoms with E-state index < -0.39 is 0 Å². The van der Waals surface area contributed by atoms with Gasteiger partial charge in [-0.1, -0.05) is 31.5 Å². The van der Waals surface area contributed by atoms with Crippen LogP contribution in [0.1, 0.15) is 51.0 Å². The zero-order valence-electron chi connectivity index (χ0n) is 14.8. The minimum Gasteiger partial charge on any atom is -0.361 e. The summed E-state index contributed by atoms with van der Waals surface area (Å²) in [6, 6.07) is 8.51. The van der Waals surface area contributed by atoms with Gasteiger partial charge in [-0.05, 0) is 49.5 Å². The van der Waals surface area contributed by atoms with E-state index in [1.807, 2.05) is 0 Å². The number of aromatic nitrogens is 1. The van der Waals surface area contributed by atoms with Crippen LogP contribution < -0.4 is 0 Å². The first kappa shape index (κ1) is 17.4. The molecule has 1 N–H and O–H groups in total. The number of benzene rings is 1. The molecule has 1 aromatic heterocycles. The van der Waals surface area contributed by atoms with E-state index >= 15 is 0 Å². The fourth-order valence-electron chi connectivity index (χ4n) is 3.58. The van der Waals surface area contributed by atoms with Crippen LogP contribution in [0.25, 0.3) is 10.9 Å². The summed E-state index contributed by atoms with van der Waals surface area (Å²) in [6.45, 7) is 6.04. The Morgan fingerprint density at radius 3 is 2.83 bits per heavy atom. The van der Waals surface area contributed by atoms with Crippen LogP contribution in [-0.2, 0) is 4.79 Å². The molecular weight excluding hydrogens is 316 g/mol. The second kappa shape index (κ2) is 8.11. The van der Waals surface area contributed by atoms with Crippen LogP contribution in [0.3, 0.4) is 0 Å². The van der Waals surface area contributed by atoms with Gasteiger partial charge < -0.3 is 9.88 Å². The van der Waals surface area contributed by atoms with Crippen molar-refractivity contribution in [3.8, 4) is 0 Å². The van der Waals surface area contributed by atoms with E-state index in [9.17, 15) is 4.79 Å². The Balaban J connectivity index is 1.56. The topological polar surface area (TPSA) is 36.1 Å². The normalized spacial score (nSPS) is 17.3. The number of aromatic amines is 1. The number of H-pyrrole nitrogens is 1. The molecule has 2 heterocycles. The lowest BCUT2D eigenvalue weighted by Gasteiger charge is -2.33. The van der Waals surface area contributed by atoms with Crippen molar-refractivity contribution in [3.63, 3.8) is 0 Å². The van der Waals surface area contributed by atoms with Gasteiger partial charge in [-0.2, -0.15) is 0 Å². The number of rotatable bonds is 6. The molecule has 1 unspecified atom stereocenters. The lowest BCUT2D eigenvalue weighted by Crippen LogP contribution is -2.41. The van der Waals surface area contributed by atoms with E-state index in [1.165, 1.54) is 29.3 Å². The molecule has 1 atom stereocenters. The molecule has 0 bridgehead atoms. The highest BCUT2D eigenvalue weighted by molar-refractivity contribution is 8.00. The van der Waals surface area contributed by atoms with Crippen LogP contribution in [0.5, 0.6) is 0 Å². The number of fused-ring (bicyclic) bond motifs is 1. The molecule has 1 aliphatic rings. The summed E-state index contributed by atoms with van der Waals surface area (Å²) in [5.41, 5.74) is 2.63. The third kappa shape index (κ3) is 3.80. The summed E-state index contributed by atoms with van der Waals surface area (Å²) < 4.78 is 0. The predicted molar refractivity (Wildman–Crippen MR) is 104 cm³/mol. The van der Waals surface area contributed by atoms with Gasteiger partial charge >= 0.3 is 0 Å². The molecule has 0 aliphatic carbocycles. The smallest absolute Gasteiger partial charge is 0.235 e. The summed E-state index contributed by atoms with van der Waals surface area (Å²) >= 11 is 1.81. The van der Waals surface area contributed by atoms with Gasteiger partial charge in [0.15, 0.2) is 0 Å². The Morgan fingerprint density at radius 1 is 1.33 bits per heavy atom. The summed E-state index contributed by atoms with van der Waals surface area (Å²) in [5.74, 6) is 1.98. The number of thioether (sulfide) groups is 1. The van der Waals surface area contributed by atoms with Gasteiger partial charge in [0.25, 0.3) is 0 Å². The van der Waals surface area contributed by atoms with E-state index in [4.69, 9.17) is 0 Å². The number of carbonyl (C=O) groups is 1.